The molecule has 0 saturated heterocycles. The van der Waals surface area contributed by atoms with Gasteiger partial charge in [0.1, 0.15) is 5.69 Å². The van der Waals surface area contributed by atoms with Gasteiger partial charge in [-0.1, -0.05) is 17.3 Å². The van der Waals surface area contributed by atoms with Crippen molar-refractivity contribution in [1.82, 2.24) is 5.16 Å². The second-order valence-electron chi connectivity index (χ2n) is 4.04. The number of hydrogen-bond acceptors (Lipinski definition) is 4. The third-order valence-corrected chi connectivity index (χ3v) is 2.89. The van der Waals surface area contributed by atoms with Crippen LogP contribution in [0.15, 0.2) is 47.0 Å². The second-order valence-corrected chi connectivity index (χ2v) is 4.04. The lowest BCUT2D eigenvalue weighted by Gasteiger charge is -1.97. The van der Waals surface area contributed by atoms with E-state index in [0.717, 1.165) is 10.9 Å². The van der Waals surface area contributed by atoms with Gasteiger partial charge in [-0.25, -0.2) is 0 Å². The molecule has 0 amide bonds. The molecule has 0 N–H and O–H groups in total. The molecule has 0 aliphatic carbocycles. The lowest BCUT2D eigenvalue weighted by molar-refractivity contribution is 0.459. The fourth-order valence-electron chi connectivity index (χ4n) is 1.92. The van der Waals surface area contributed by atoms with E-state index < -0.39 is 0 Å². The maximum Gasteiger partial charge on any atom is 0.167 e. The Bertz CT molecular complexity index is 832. The quantitative estimate of drug-likeness (QED) is 0.659. The Labute approximate surface area is 109 Å². The summed E-state index contributed by atoms with van der Waals surface area (Å²) in [5.74, 6) is 0. The summed E-state index contributed by atoms with van der Waals surface area (Å²) in [4.78, 5) is 0. The molecule has 0 radical (unpaired) electrons. The van der Waals surface area contributed by atoms with Crippen molar-refractivity contribution >= 4 is 11.0 Å². The molecule has 88 valence electrons. The van der Waals surface area contributed by atoms with Crippen molar-refractivity contribution in [2.45, 2.75) is 0 Å². The normalized spacial score (nSPS) is 10.0. The number of hydrogen-bond donors (Lipinski definition) is 0. The highest BCUT2D eigenvalue weighted by Gasteiger charge is 2.11. The molecule has 4 nitrogen and oxygen atoms in total. The molecular weight excluding hydrogens is 238 g/mol. The molecule has 0 spiro atoms. The van der Waals surface area contributed by atoms with Gasteiger partial charge in [0.2, 0.25) is 0 Å². The van der Waals surface area contributed by atoms with E-state index in [2.05, 4.69) is 17.3 Å². The molecule has 1 heterocycles. The monoisotopic (exact) mass is 245 g/mol. The van der Waals surface area contributed by atoms with Gasteiger partial charge in [-0.15, -0.1) is 0 Å². The van der Waals surface area contributed by atoms with Gasteiger partial charge >= 0.3 is 0 Å². The van der Waals surface area contributed by atoms with E-state index in [1.54, 1.807) is 30.3 Å². The van der Waals surface area contributed by atoms with E-state index in [9.17, 15) is 0 Å². The van der Waals surface area contributed by atoms with E-state index in [-0.39, 0.29) is 0 Å². The number of benzene rings is 2. The van der Waals surface area contributed by atoms with Crippen LogP contribution in [0.3, 0.4) is 0 Å². The molecule has 19 heavy (non-hydrogen) atoms. The SMILES string of the molecule is N#Cc1ccc(-c2noc3ccc(C#N)cc23)cc1. The van der Waals surface area contributed by atoms with Gasteiger partial charge in [0.15, 0.2) is 5.58 Å². The summed E-state index contributed by atoms with van der Waals surface area (Å²) in [6.45, 7) is 0. The summed E-state index contributed by atoms with van der Waals surface area (Å²) in [7, 11) is 0. The summed E-state index contributed by atoms with van der Waals surface area (Å²) in [5.41, 5.74) is 3.32. The van der Waals surface area contributed by atoms with E-state index in [1.807, 2.05) is 12.1 Å². The molecule has 0 saturated carbocycles. The highest BCUT2D eigenvalue weighted by Crippen LogP contribution is 2.28. The van der Waals surface area contributed by atoms with Gasteiger partial charge in [0, 0.05) is 5.56 Å². The van der Waals surface area contributed by atoms with Crippen molar-refractivity contribution in [1.29, 1.82) is 10.5 Å². The van der Waals surface area contributed by atoms with Crippen LogP contribution in [-0.2, 0) is 0 Å². The molecule has 3 aromatic rings. The van der Waals surface area contributed by atoms with Crippen LogP contribution in [0.4, 0.5) is 0 Å². The molecule has 1 aromatic heterocycles. The topological polar surface area (TPSA) is 73.6 Å². The molecule has 4 heteroatoms. The van der Waals surface area contributed by atoms with Gasteiger partial charge < -0.3 is 4.52 Å². The van der Waals surface area contributed by atoms with Crippen molar-refractivity contribution in [2.24, 2.45) is 0 Å². The number of aromatic nitrogens is 1. The van der Waals surface area contributed by atoms with Crippen LogP contribution in [0.25, 0.3) is 22.2 Å². The summed E-state index contributed by atoms with van der Waals surface area (Å²) < 4.78 is 5.24. The van der Waals surface area contributed by atoms with Crippen molar-refractivity contribution in [3.8, 4) is 23.4 Å². The standard InChI is InChI=1S/C15H7N3O/c16-8-10-1-4-12(5-2-10)15-13-7-11(9-17)3-6-14(13)19-18-15/h1-7H. The highest BCUT2D eigenvalue weighted by molar-refractivity contribution is 5.92. The van der Waals surface area contributed by atoms with Crippen LogP contribution in [0.2, 0.25) is 0 Å². The molecule has 0 unspecified atom stereocenters. The molecule has 2 aromatic carbocycles. The maximum atomic E-state index is 8.93. The zero-order valence-corrected chi connectivity index (χ0v) is 9.79. The fourth-order valence-corrected chi connectivity index (χ4v) is 1.92. The minimum atomic E-state index is 0.561. The number of fused-ring (bicyclic) bond motifs is 1. The number of rotatable bonds is 1. The Morgan fingerprint density at radius 2 is 1.58 bits per heavy atom. The first kappa shape index (κ1) is 11.0. The Balaban J connectivity index is 2.19. The van der Waals surface area contributed by atoms with Crippen LogP contribution >= 0.6 is 0 Å². The predicted octanol–water partition coefficient (Wildman–Crippen LogP) is 3.24. The van der Waals surface area contributed by atoms with E-state index in [4.69, 9.17) is 15.0 Å². The smallest absolute Gasteiger partial charge is 0.167 e. The third kappa shape index (κ3) is 1.82. The lowest BCUT2D eigenvalue weighted by Crippen LogP contribution is -1.80. The lowest BCUT2D eigenvalue weighted by atomic mass is 10.0. The average molecular weight is 245 g/mol. The van der Waals surface area contributed by atoms with Gasteiger partial charge in [-0.3, -0.25) is 0 Å². The van der Waals surface area contributed by atoms with Crippen molar-refractivity contribution in [3.05, 3.63) is 53.6 Å². The van der Waals surface area contributed by atoms with E-state index >= 15 is 0 Å². The van der Waals surface area contributed by atoms with Gasteiger partial charge in [0.05, 0.1) is 28.7 Å². The largest absolute Gasteiger partial charge is 0.356 e. The Morgan fingerprint density at radius 1 is 0.895 bits per heavy atom. The third-order valence-electron chi connectivity index (χ3n) is 2.89. The second kappa shape index (κ2) is 4.29. The highest BCUT2D eigenvalue weighted by atomic mass is 16.5. The molecule has 0 aliphatic rings. The number of nitrogens with zero attached hydrogens (tertiary/aromatic N) is 3. The van der Waals surface area contributed by atoms with Crippen molar-refractivity contribution in [2.75, 3.05) is 0 Å². The van der Waals surface area contributed by atoms with Crippen molar-refractivity contribution in [3.63, 3.8) is 0 Å². The summed E-state index contributed by atoms with van der Waals surface area (Å²) >= 11 is 0. The van der Waals surface area contributed by atoms with Gasteiger partial charge in [0.25, 0.3) is 0 Å². The Kier molecular flexibility index (Phi) is 2.48. The molecule has 0 atom stereocenters. The van der Waals surface area contributed by atoms with Crippen LogP contribution in [0.5, 0.6) is 0 Å². The van der Waals surface area contributed by atoms with E-state index in [0.29, 0.717) is 22.4 Å². The van der Waals surface area contributed by atoms with Crippen molar-refractivity contribution < 1.29 is 4.52 Å². The van der Waals surface area contributed by atoms with Crippen LogP contribution in [-0.4, -0.2) is 5.16 Å². The first-order chi connectivity index (χ1) is 9.31. The zero-order chi connectivity index (χ0) is 13.2. The van der Waals surface area contributed by atoms with Crippen LogP contribution in [0, 0.1) is 22.7 Å². The first-order valence-corrected chi connectivity index (χ1v) is 5.62. The number of nitriles is 2. The minimum absolute atomic E-state index is 0.561. The van der Waals surface area contributed by atoms with Gasteiger partial charge in [-0.2, -0.15) is 10.5 Å². The summed E-state index contributed by atoms with van der Waals surface area (Å²) in [6, 6.07) is 16.4. The molecule has 0 bridgehead atoms. The fraction of sp³-hybridized carbons (Fsp3) is 0. The Hall–Kier alpha value is -3.11. The minimum Gasteiger partial charge on any atom is -0.356 e. The van der Waals surface area contributed by atoms with E-state index in [1.165, 1.54) is 0 Å². The molecule has 0 fully saturated rings. The van der Waals surface area contributed by atoms with Gasteiger partial charge in [-0.05, 0) is 30.3 Å². The maximum absolute atomic E-state index is 8.93. The molecular formula is C15H7N3O. The van der Waals surface area contributed by atoms with Crippen LogP contribution in [0.1, 0.15) is 11.1 Å². The molecule has 3 rings (SSSR count). The molecule has 0 aliphatic heterocycles. The first-order valence-electron chi connectivity index (χ1n) is 5.62. The van der Waals surface area contributed by atoms with Crippen LogP contribution < -0.4 is 0 Å². The zero-order valence-electron chi connectivity index (χ0n) is 9.79. The summed E-state index contributed by atoms with van der Waals surface area (Å²) in [5, 5.41) is 22.5. The Morgan fingerprint density at radius 3 is 2.26 bits per heavy atom. The summed E-state index contributed by atoms with van der Waals surface area (Å²) in [6.07, 6.45) is 0. The predicted molar refractivity (Wildman–Crippen MR) is 68.9 cm³/mol. The average Bonchev–Trinajstić information content (AvgIpc) is 2.90.